The van der Waals surface area contributed by atoms with Gasteiger partial charge in [0.05, 0.1) is 12.2 Å². The fraction of sp³-hybridized carbons (Fsp3) is 0.278. The Morgan fingerprint density at radius 1 is 1.09 bits per heavy atom. The third kappa shape index (κ3) is 4.64. The molecule has 0 aliphatic carbocycles. The van der Waals surface area contributed by atoms with Crippen molar-refractivity contribution in [1.82, 2.24) is 10.3 Å². The number of rotatable bonds is 5. The van der Waals surface area contributed by atoms with Gasteiger partial charge in [-0.2, -0.15) is 0 Å². The summed E-state index contributed by atoms with van der Waals surface area (Å²) < 4.78 is 0. The Morgan fingerprint density at radius 3 is 2.52 bits per heavy atom. The molecule has 0 saturated carbocycles. The van der Waals surface area contributed by atoms with Crippen LogP contribution in [0.1, 0.15) is 37.4 Å². The minimum absolute atomic E-state index is 0.222. The van der Waals surface area contributed by atoms with Gasteiger partial charge in [0.15, 0.2) is 0 Å². The number of nitrogens with one attached hydrogen (secondary N) is 2. The summed E-state index contributed by atoms with van der Waals surface area (Å²) in [6.07, 6.45) is 2.60. The molecule has 5 heteroatoms. The molecule has 0 aliphatic rings. The summed E-state index contributed by atoms with van der Waals surface area (Å²) in [5, 5.41) is 5.26. The van der Waals surface area contributed by atoms with Crippen molar-refractivity contribution in [1.29, 1.82) is 0 Å². The number of aromatic nitrogens is 1. The van der Waals surface area contributed by atoms with Crippen molar-refractivity contribution in [3.05, 3.63) is 59.9 Å². The Hall–Kier alpha value is -2.69. The maximum atomic E-state index is 12.1. The van der Waals surface area contributed by atoms with Gasteiger partial charge in [-0.25, -0.2) is 0 Å². The molecule has 1 unspecified atom stereocenters. The summed E-state index contributed by atoms with van der Waals surface area (Å²) in [4.78, 5) is 28.1. The minimum atomic E-state index is -0.672. The van der Waals surface area contributed by atoms with Crippen molar-refractivity contribution in [3.8, 4) is 0 Å². The van der Waals surface area contributed by atoms with Crippen LogP contribution in [0.4, 0.5) is 5.69 Å². The molecule has 0 saturated heterocycles. The first-order valence-corrected chi connectivity index (χ1v) is 7.69. The second kappa shape index (κ2) is 8.08. The molecule has 1 aromatic heterocycles. The highest BCUT2D eigenvalue weighted by Gasteiger charge is 2.16. The maximum absolute atomic E-state index is 12.1. The van der Waals surface area contributed by atoms with E-state index in [4.69, 9.17) is 0 Å². The molecule has 0 aliphatic heterocycles. The zero-order valence-electron chi connectivity index (χ0n) is 13.4. The number of para-hydroxylation sites is 1. The van der Waals surface area contributed by atoms with E-state index in [1.54, 1.807) is 18.3 Å². The Kier molecular flexibility index (Phi) is 5.86. The molecule has 2 amide bonds. The second-order valence-corrected chi connectivity index (χ2v) is 5.35. The smallest absolute Gasteiger partial charge is 0.313 e. The van der Waals surface area contributed by atoms with Gasteiger partial charge < -0.3 is 10.6 Å². The highest BCUT2D eigenvalue weighted by Crippen LogP contribution is 2.26. The lowest BCUT2D eigenvalue weighted by atomic mass is 9.97. The standard InChI is InChI=1S/C18H21N3O2/c1-3-13(2)15-9-4-5-10-16(15)21-18(23)17(22)20-12-14-8-6-7-11-19-14/h4-11,13H,3,12H2,1-2H3,(H,20,22)(H,21,23). The number of anilines is 1. The van der Waals surface area contributed by atoms with E-state index >= 15 is 0 Å². The summed E-state index contributed by atoms with van der Waals surface area (Å²) >= 11 is 0. The fourth-order valence-corrected chi connectivity index (χ4v) is 2.19. The Morgan fingerprint density at radius 2 is 1.83 bits per heavy atom. The van der Waals surface area contributed by atoms with Crippen molar-refractivity contribution < 1.29 is 9.59 Å². The molecule has 2 rings (SSSR count). The quantitative estimate of drug-likeness (QED) is 0.834. The summed E-state index contributed by atoms with van der Waals surface area (Å²) in [7, 11) is 0. The van der Waals surface area contributed by atoms with Crippen LogP contribution in [0.25, 0.3) is 0 Å². The predicted octanol–water partition coefficient (Wildman–Crippen LogP) is 2.85. The monoisotopic (exact) mass is 311 g/mol. The second-order valence-electron chi connectivity index (χ2n) is 5.35. The summed E-state index contributed by atoms with van der Waals surface area (Å²) in [5.41, 5.74) is 2.41. The lowest BCUT2D eigenvalue weighted by molar-refractivity contribution is -0.136. The topological polar surface area (TPSA) is 71.1 Å². The largest absolute Gasteiger partial charge is 0.342 e. The number of nitrogens with zero attached hydrogens (tertiary/aromatic N) is 1. The number of carbonyl (C=O) groups excluding carboxylic acids is 2. The lowest BCUT2D eigenvalue weighted by Crippen LogP contribution is -2.35. The number of hydrogen-bond donors (Lipinski definition) is 2. The number of amides is 2. The van der Waals surface area contributed by atoms with Crippen molar-refractivity contribution >= 4 is 17.5 Å². The fourth-order valence-electron chi connectivity index (χ4n) is 2.19. The Balaban J connectivity index is 1.97. The van der Waals surface area contributed by atoms with Gasteiger partial charge in [-0.3, -0.25) is 14.6 Å². The molecule has 5 nitrogen and oxygen atoms in total. The molecular formula is C18H21N3O2. The number of benzene rings is 1. The summed E-state index contributed by atoms with van der Waals surface area (Å²) in [5.74, 6) is -1.03. The van der Waals surface area contributed by atoms with Gasteiger partial charge in [-0.05, 0) is 36.1 Å². The Labute approximate surface area is 136 Å². The van der Waals surface area contributed by atoms with Gasteiger partial charge in [0, 0.05) is 11.9 Å². The lowest BCUT2D eigenvalue weighted by Gasteiger charge is -2.15. The van der Waals surface area contributed by atoms with Gasteiger partial charge in [-0.15, -0.1) is 0 Å². The molecule has 1 aromatic carbocycles. The van der Waals surface area contributed by atoms with Gasteiger partial charge in [-0.1, -0.05) is 38.1 Å². The molecule has 0 spiro atoms. The number of carbonyl (C=O) groups is 2. The first-order valence-electron chi connectivity index (χ1n) is 7.69. The highest BCUT2D eigenvalue weighted by molar-refractivity contribution is 6.39. The average molecular weight is 311 g/mol. The summed E-state index contributed by atoms with van der Waals surface area (Å²) in [6, 6.07) is 13.0. The molecular weight excluding hydrogens is 290 g/mol. The third-order valence-corrected chi connectivity index (χ3v) is 3.71. The van der Waals surface area contributed by atoms with Crippen LogP contribution in [0.2, 0.25) is 0 Å². The van der Waals surface area contributed by atoms with Crippen LogP contribution in [0.5, 0.6) is 0 Å². The first kappa shape index (κ1) is 16.7. The van der Waals surface area contributed by atoms with Gasteiger partial charge in [0.25, 0.3) is 0 Å². The third-order valence-electron chi connectivity index (χ3n) is 3.71. The first-order chi connectivity index (χ1) is 11.1. The molecule has 0 fully saturated rings. The number of hydrogen-bond acceptors (Lipinski definition) is 3. The van der Waals surface area contributed by atoms with E-state index < -0.39 is 11.8 Å². The van der Waals surface area contributed by atoms with E-state index in [-0.39, 0.29) is 6.54 Å². The highest BCUT2D eigenvalue weighted by atomic mass is 16.2. The SMILES string of the molecule is CCC(C)c1ccccc1NC(=O)C(=O)NCc1ccccn1. The predicted molar refractivity (Wildman–Crippen MR) is 89.9 cm³/mol. The molecule has 0 bridgehead atoms. The van der Waals surface area contributed by atoms with Crippen LogP contribution in [-0.2, 0) is 16.1 Å². The molecule has 0 radical (unpaired) electrons. The van der Waals surface area contributed by atoms with Crippen LogP contribution in [-0.4, -0.2) is 16.8 Å². The molecule has 1 atom stereocenters. The maximum Gasteiger partial charge on any atom is 0.313 e. The summed E-state index contributed by atoms with van der Waals surface area (Å²) in [6.45, 7) is 4.40. The molecule has 120 valence electrons. The van der Waals surface area contributed by atoms with Crippen LogP contribution >= 0.6 is 0 Å². The van der Waals surface area contributed by atoms with E-state index in [0.717, 1.165) is 12.0 Å². The van der Waals surface area contributed by atoms with Crippen LogP contribution in [0.15, 0.2) is 48.7 Å². The Bertz CT molecular complexity index is 671. The number of pyridine rings is 1. The van der Waals surface area contributed by atoms with E-state index in [2.05, 4.69) is 29.5 Å². The normalized spacial score (nSPS) is 11.6. The van der Waals surface area contributed by atoms with Crippen molar-refractivity contribution in [3.63, 3.8) is 0 Å². The van der Waals surface area contributed by atoms with Crippen LogP contribution in [0, 0.1) is 0 Å². The van der Waals surface area contributed by atoms with Gasteiger partial charge in [0.2, 0.25) is 0 Å². The van der Waals surface area contributed by atoms with Gasteiger partial charge >= 0.3 is 11.8 Å². The van der Waals surface area contributed by atoms with Crippen molar-refractivity contribution in [2.24, 2.45) is 0 Å². The van der Waals surface area contributed by atoms with Gasteiger partial charge in [0.1, 0.15) is 0 Å². The zero-order chi connectivity index (χ0) is 16.7. The van der Waals surface area contributed by atoms with Crippen molar-refractivity contribution in [2.75, 3.05) is 5.32 Å². The van der Waals surface area contributed by atoms with E-state index in [1.807, 2.05) is 30.3 Å². The molecule has 2 aromatic rings. The minimum Gasteiger partial charge on any atom is -0.342 e. The van der Waals surface area contributed by atoms with E-state index in [0.29, 0.717) is 17.3 Å². The average Bonchev–Trinajstić information content (AvgIpc) is 2.60. The van der Waals surface area contributed by atoms with E-state index in [9.17, 15) is 9.59 Å². The molecule has 23 heavy (non-hydrogen) atoms. The zero-order valence-corrected chi connectivity index (χ0v) is 13.4. The van der Waals surface area contributed by atoms with Crippen LogP contribution in [0.3, 0.4) is 0 Å². The molecule has 1 heterocycles. The molecule has 2 N–H and O–H groups in total. The van der Waals surface area contributed by atoms with Crippen LogP contribution < -0.4 is 10.6 Å². The van der Waals surface area contributed by atoms with Crippen molar-refractivity contribution in [2.45, 2.75) is 32.7 Å². The van der Waals surface area contributed by atoms with E-state index in [1.165, 1.54) is 0 Å².